The van der Waals surface area contributed by atoms with E-state index in [1.165, 1.54) is 35.1 Å². The van der Waals surface area contributed by atoms with E-state index in [4.69, 9.17) is 0 Å². The molecule has 2 N–H and O–H groups in total. The van der Waals surface area contributed by atoms with Crippen LogP contribution in [-0.2, 0) is 11.3 Å². The number of aromatic amines is 1. The van der Waals surface area contributed by atoms with Gasteiger partial charge < -0.3 is 5.32 Å². The third-order valence-electron chi connectivity index (χ3n) is 4.21. The van der Waals surface area contributed by atoms with E-state index in [-0.39, 0.29) is 23.4 Å². The Labute approximate surface area is 157 Å². The van der Waals surface area contributed by atoms with Crippen molar-refractivity contribution in [3.63, 3.8) is 0 Å². The van der Waals surface area contributed by atoms with E-state index in [0.717, 1.165) is 4.68 Å². The Bertz CT molecular complexity index is 1220. The number of rotatable bonds is 4. The van der Waals surface area contributed by atoms with Crippen molar-refractivity contribution in [3.8, 4) is 5.69 Å². The molecule has 1 aromatic carbocycles. The highest BCUT2D eigenvalue weighted by atomic mass is 19.1. The standard InChI is InChI=1S/C17H15FN8O2/c1-9-15(10(2)22-21-9)20-14(27)8-25-17(28)13-7-19-26(16(13)23-24-25)12-5-3-11(18)4-6-12/h3-7H,8H2,1-2H3,(H,20,27)(H,21,22). The first-order valence-corrected chi connectivity index (χ1v) is 8.33. The van der Waals surface area contributed by atoms with Gasteiger partial charge in [-0.2, -0.15) is 10.2 Å². The molecule has 0 spiro atoms. The van der Waals surface area contributed by atoms with Crippen LogP contribution in [0.2, 0.25) is 0 Å². The average Bonchev–Trinajstić information content (AvgIpc) is 3.24. The lowest BCUT2D eigenvalue weighted by Gasteiger charge is -2.06. The maximum absolute atomic E-state index is 13.1. The molecule has 0 aliphatic heterocycles. The van der Waals surface area contributed by atoms with E-state index in [9.17, 15) is 14.0 Å². The second-order valence-electron chi connectivity index (χ2n) is 6.18. The number of H-pyrrole nitrogens is 1. The Hall–Kier alpha value is -3.89. The highest BCUT2D eigenvalue weighted by Gasteiger charge is 2.16. The van der Waals surface area contributed by atoms with E-state index < -0.39 is 11.5 Å². The summed E-state index contributed by atoms with van der Waals surface area (Å²) in [6.45, 7) is 3.21. The van der Waals surface area contributed by atoms with E-state index in [1.807, 2.05) is 0 Å². The lowest BCUT2D eigenvalue weighted by molar-refractivity contribution is -0.117. The molecule has 0 fully saturated rings. The fourth-order valence-electron chi connectivity index (χ4n) is 2.79. The van der Waals surface area contributed by atoms with Gasteiger partial charge in [0.2, 0.25) is 5.91 Å². The van der Waals surface area contributed by atoms with Crippen molar-refractivity contribution in [1.29, 1.82) is 0 Å². The Morgan fingerprint density at radius 2 is 2.00 bits per heavy atom. The van der Waals surface area contributed by atoms with Gasteiger partial charge in [-0.25, -0.2) is 13.8 Å². The summed E-state index contributed by atoms with van der Waals surface area (Å²) in [7, 11) is 0. The van der Waals surface area contributed by atoms with Crippen molar-refractivity contribution in [2.24, 2.45) is 0 Å². The number of nitrogens with zero attached hydrogens (tertiary/aromatic N) is 6. The number of nitrogens with one attached hydrogen (secondary N) is 2. The summed E-state index contributed by atoms with van der Waals surface area (Å²) in [5.74, 6) is -0.822. The Morgan fingerprint density at radius 3 is 2.68 bits per heavy atom. The van der Waals surface area contributed by atoms with Gasteiger partial charge in [0.25, 0.3) is 5.56 Å². The minimum atomic E-state index is -0.505. The van der Waals surface area contributed by atoms with E-state index in [0.29, 0.717) is 22.8 Å². The molecule has 0 atom stereocenters. The van der Waals surface area contributed by atoms with Gasteiger partial charge >= 0.3 is 0 Å². The number of aryl methyl sites for hydroxylation is 2. The number of carbonyl (C=O) groups excluding carboxylic acids is 1. The molecular weight excluding hydrogens is 367 g/mol. The van der Waals surface area contributed by atoms with Crippen LogP contribution >= 0.6 is 0 Å². The maximum atomic E-state index is 13.1. The van der Waals surface area contributed by atoms with Crippen molar-refractivity contribution >= 4 is 22.6 Å². The predicted molar refractivity (Wildman–Crippen MR) is 97.6 cm³/mol. The smallest absolute Gasteiger partial charge is 0.281 e. The minimum absolute atomic E-state index is 0.197. The third-order valence-corrected chi connectivity index (χ3v) is 4.21. The molecule has 1 amide bonds. The topological polar surface area (TPSA) is 123 Å². The largest absolute Gasteiger partial charge is 0.321 e. The molecule has 142 valence electrons. The van der Waals surface area contributed by atoms with Crippen LogP contribution in [0.5, 0.6) is 0 Å². The minimum Gasteiger partial charge on any atom is -0.321 e. The van der Waals surface area contributed by atoms with Crippen molar-refractivity contribution < 1.29 is 9.18 Å². The first kappa shape index (κ1) is 17.5. The molecule has 0 unspecified atom stereocenters. The van der Waals surface area contributed by atoms with Gasteiger partial charge in [-0.05, 0) is 38.1 Å². The van der Waals surface area contributed by atoms with Crippen molar-refractivity contribution in [2.75, 3.05) is 5.32 Å². The zero-order valence-electron chi connectivity index (χ0n) is 15.0. The number of hydrogen-bond acceptors (Lipinski definition) is 6. The number of fused-ring (bicyclic) bond motifs is 1. The molecule has 0 aliphatic carbocycles. The number of carbonyl (C=O) groups is 1. The molecule has 11 heteroatoms. The van der Waals surface area contributed by atoms with Crippen molar-refractivity contribution in [3.05, 3.63) is 58.0 Å². The number of anilines is 1. The number of hydrogen-bond donors (Lipinski definition) is 2. The van der Waals surface area contributed by atoms with Gasteiger partial charge in [-0.1, -0.05) is 5.21 Å². The van der Waals surface area contributed by atoms with Crippen LogP contribution in [0.3, 0.4) is 0 Å². The number of aromatic nitrogens is 7. The third kappa shape index (κ3) is 3.02. The predicted octanol–water partition coefficient (Wildman–Crippen LogP) is 1.09. The molecule has 0 aliphatic rings. The molecule has 3 heterocycles. The fourth-order valence-corrected chi connectivity index (χ4v) is 2.79. The number of benzene rings is 1. The summed E-state index contributed by atoms with van der Waals surface area (Å²) in [4.78, 5) is 24.9. The van der Waals surface area contributed by atoms with E-state index in [2.05, 4.69) is 30.9 Å². The van der Waals surface area contributed by atoms with Crippen LogP contribution < -0.4 is 10.9 Å². The second kappa shape index (κ2) is 6.68. The molecule has 0 saturated heterocycles. The van der Waals surface area contributed by atoms with Gasteiger partial charge in [0, 0.05) is 0 Å². The van der Waals surface area contributed by atoms with Gasteiger partial charge in [-0.15, -0.1) is 5.10 Å². The van der Waals surface area contributed by atoms with Crippen LogP contribution in [0.25, 0.3) is 16.7 Å². The van der Waals surface area contributed by atoms with E-state index in [1.54, 1.807) is 13.8 Å². The van der Waals surface area contributed by atoms with Crippen LogP contribution in [0, 0.1) is 19.7 Å². The lowest BCUT2D eigenvalue weighted by Crippen LogP contribution is -2.30. The van der Waals surface area contributed by atoms with Gasteiger partial charge in [0.05, 0.1) is 29.0 Å². The summed E-state index contributed by atoms with van der Waals surface area (Å²) in [5, 5.41) is 21.6. The summed E-state index contributed by atoms with van der Waals surface area (Å²) in [6, 6.07) is 5.58. The first-order valence-electron chi connectivity index (χ1n) is 8.33. The molecule has 0 bridgehead atoms. The molecule has 0 saturated carbocycles. The van der Waals surface area contributed by atoms with Gasteiger partial charge in [0.1, 0.15) is 17.7 Å². The summed E-state index contributed by atoms with van der Waals surface area (Å²) in [5.41, 5.74) is 2.16. The van der Waals surface area contributed by atoms with Gasteiger partial charge in [0.15, 0.2) is 5.65 Å². The maximum Gasteiger partial charge on any atom is 0.281 e. The Morgan fingerprint density at radius 1 is 1.25 bits per heavy atom. The zero-order valence-corrected chi connectivity index (χ0v) is 15.0. The zero-order chi connectivity index (χ0) is 19.8. The lowest BCUT2D eigenvalue weighted by atomic mass is 10.3. The molecule has 28 heavy (non-hydrogen) atoms. The highest BCUT2D eigenvalue weighted by Crippen LogP contribution is 2.16. The van der Waals surface area contributed by atoms with Crippen LogP contribution in [0.4, 0.5) is 10.1 Å². The highest BCUT2D eigenvalue weighted by molar-refractivity contribution is 5.91. The number of amides is 1. The normalized spacial score (nSPS) is 11.1. The first-order chi connectivity index (χ1) is 13.4. The summed E-state index contributed by atoms with van der Waals surface area (Å²) >= 11 is 0. The van der Waals surface area contributed by atoms with Crippen LogP contribution in [0.1, 0.15) is 11.4 Å². The van der Waals surface area contributed by atoms with Crippen LogP contribution in [-0.4, -0.2) is 40.9 Å². The van der Waals surface area contributed by atoms with Crippen LogP contribution in [0.15, 0.2) is 35.3 Å². The summed E-state index contributed by atoms with van der Waals surface area (Å²) < 4.78 is 15.4. The SMILES string of the molecule is Cc1n[nH]c(C)c1NC(=O)Cn1nnc2c(cnn2-c2ccc(F)cc2)c1=O. The Kier molecular flexibility index (Phi) is 4.18. The monoisotopic (exact) mass is 382 g/mol. The quantitative estimate of drug-likeness (QED) is 0.545. The second-order valence-corrected chi connectivity index (χ2v) is 6.18. The molecule has 4 rings (SSSR count). The molecule has 3 aromatic heterocycles. The fraction of sp³-hybridized carbons (Fsp3) is 0.176. The summed E-state index contributed by atoms with van der Waals surface area (Å²) in [6.07, 6.45) is 1.34. The van der Waals surface area contributed by atoms with Gasteiger partial charge in [-0.3, -0.25) is 14.7 Å². The average molecular weight is 382 g/mol. The molecule has 4 aromatic rings. The number of halogens is 1. The molecule has 10 nitrogen and oxygen atoms in total. The molecule has 0 radical (unpaired) electrons. The van der Waals surface area contributed by atoms with Crippen molar-refractivity contribution in [2.45, 2.75) is 20.4 Å². The molecular formula is C17H15FN8O2. The van der Waals surface area contributed by atoms with Crippen molar-refractivity contribution in [1.82, 2.24) is 35.0 Å². The van der Waals surface area contributed by atoms with E-state index >= 15 is 0 Å². The Balaban J connectivity index is 1.63.